The molecule has 0 spiro atoms. The van der Waals surface area contributed by atoms with Crippen LogP contribution in [0.3, 0.4) is 0 Å². The molecule has 20 heavy (non-hydrogen) atoms. The Hall–Kier alpha value is -1.30. The minimum absolute atomic E-state index is 0.105. The molecule has 114 valence electrons. The van der Waals surface area contributed by atoms with Crippen molar-refractivity contribution in [3.63, 3.8) is 0 Å². The van der Waals surface area contributed by atoms with Gasteiger partial charge in [0.1, 0.15) is 5.69 Å². The van der Waals surface area contributed by atoms with Crippen LogP contribution in [0.15, 0.2) is 23.0 Å². The first kappa shape index (κ1) is 16.8. The lowest BCUT2D eigenvalue weighted by molar-refractivity contribution is -0.144. The maximum Gasteiger partial charge on any atom is 0.431 e. The second-order valence-electron chi connectivity index (χ2n) is 4.85. The quantitative estimate of drug-likeness (QED) is 0.783. The standard InChI is InChI=1S/C14H21F3N2O/c1-3-18-11(2)7-4-5-10-19-12(14(15,16)17)8-6-9-13(19)20/h6,8-9,11,18H,3-5,7,10H2,1-2H3. The van der Waals surface area contributed by atoms with Crippen molar-refractivity contribution in [1.29, 1.82) is 0 Å². The number of alkyl halides is 3. The average molecular weight is 290 g/mol. The molecule has 1 N–H and O–H groups in total. The van der Waals surface area contributed by atoms with Gasteiger partial charge in [-0.05, 0) is 32.4 Å². The molecule has 0 aliphatic rings. The molecule has 1 unspecified atom stereocenters. The first-order valence-corrected chi connectivity index (χ1v) is 6.86. The van der Waals surface area contributed by atoms with Gasteiger partial charge in [-0.25, -0.2) is 0 Å². The smallest absolute Gasteiger partial charge is 0.315 e. The average Bonchev–Trinajstić information content (AvgIpc) is 2.35. The van der Waals surface area contributed by atoms with Crippen molar-refractivity contribution in [3.05, 3.63) is 34.2 Å². The largest absolute Gasteiger partial charge is 0.431 e. The van der Waals surface area contributed by atoms with Crippen molar-refractivity contribution in [2.45, 2.75) is 51.9 Å². The number of pyridine rings is 1. The predicted molar refractivity (Wildman–Crippen MR) is 72.7 cm³/mol. The van der Waals surface area contributed by atoms with Gasteiger partial charge in [0.2, 0.25) is 0 Å². The zero-order valence-electron chi connectivity index (χ0n) is 11.8. The predicted octanol–water partition coefficient (Wildman–Crippen LogP) is 3.04. The highest BCUT2D eigenvalue weighted by Crippen LogP contribution is 2.28. The molecule has 1 rings (SSSR count). The molecule has 0 saturated heterocycles. The molecule has 1 atom stereocenters. The lowest BCUT2D eigenvalue weighted by Crippen LogP contribution is -2.28. The molecule has 3 nitrogen and oxygen atoms in total. The molecule has 1 aromatic rings. The molecular weight excluding hydrogens is 269 g/mol. The zero-order valence-corrected chi connectivity index (χ0v) is 11.8. The van der Waals surface area contributed by atoms with Gasteiger partial charge in [-0.1, -0.05) is 19.4 Å². The van der Waals surface area contributed by atoms with Gasteiger partial charge in [0.05, 0.1) is 0 Å². The molecule has 0 amide bonds. The number of unbranched alkanes of at least 4 members (excludes halogenated alkanes) is 1. The van der Waals surface area contributed by atoms with E-state index in [1.807, 2.05) is 13.8 Å². The summed E-state index contributed by atoms with van der Waals surface area (Å²) in [5.74, 6) is 0. The van der Waals surface area contributed by atoms with Gasteiger partial charge in [0, 0.05) is 18.7 Å². The summed E-state index contributed by atoms with van der Waals surface area (Å²) in [6.45, 7) is 5.03. The van der Waals surface area contributed by atoms with E-state index in [4.69, 9.17) is 0 Å². The summed E-state index contributed by atoms with van der Waals surface area (Å²) >= 11 is 0. The van der Waals surface area contributed by atoms with E-state index < -0.39 is 17.4 Å². The Kier molecular flexibility index (Phi) is 6.26. The van der Waals surface area contributed by atoms with Crippen LogP contribution >= 0.6 is 0 Å². The number of hydrogen-bond acceptors (Lipinski definition) is 2. The van der Waals surface area contributed by atoms with Crippen LogP contribution < -0.4 is 10.9 Å². The van der Waals surface area contributed by atoms with Crippen LogP contribution in [-0.2, 0) is 12.7 Å². The van der Waals surface area contributed by atoms with E-state index in [2.05, 4.69) is 5.32 Å². The van der Waals surface area contributed by atoms with Gasteiger partial charge < -0.3 is 9.88 Å². The SMILES string of the molecule is CCNC(C)CCCCn1c(C(F)(F)F)cccc1=O. The van der Waals surface area contributed by atoms with E-state index >= 15 is 0 Å². The Bertz CT molecular complexity index is 468. The second kappa shape index (κ2) is 7.47. The van der Waals surface area contributed by atoms with E-state index in [1.54, 1.807) is 0 Å². The zero-order chi connectivity index (χ0) is 15.2. The van der Waals surface area contributed by atoms with Crippen LogP contribution in [0, 0.1) is 0 Å². The van der Waals surface area contributed by atoms with Crippen LogP contribution in [0.4, 0.5) is 13.2 Å². The summed E-state index contributed by atoms with van der Waals surface area (Å²) in [6.07, 6.45) is -2.26. The normalized spacial score (nSPS) is 13.4. The highest BCUT2D eigenvalue weighted by molar-refractivity contribution is 5.10. The number of nitrogens with zero attached hydrogens (tertiary/aromatic N) is 1. The first-order chi connectivity index (χ1) is 9.36. The van der Waals surface area contributed by atoms with Gasteiger partial charge >= 0.3 is 6.18 Å². The molecular formula is C14H21F3N2O. The van der Waals surface area contributed by atoms with E-state index in [9.17, 15) is 18.0 Å². The van der Waals surface area contributed by atoms with Crippen molar-refractivity contribution in [2.24, 2.45) is 0 Å². The summed E-state index contributed by atoms with van der Waals surface area (Å²) in [4.78, 5) is 11.6. The summed E-state index contributed by atoms with van der Waals surface area (Å²) in [5, 5.41) is 3.24. The maximum absolute atomic E-state index is 12.8. The molecule has 6 heteroatoms. The number of nitrogens with one attached hydrogen (secondary N) is 1. The third-order valence-corrected chi connectivity index (χ3v) is 3.16. The van der Waals surface area contributed by atoms with Gasteiger partial charge in [0.25, 0.3) is 5.56 Å². The fourth-order valence-corrected chi connectivity index (χ4v) is 2.17. The number of halogens is 3. The fourth-order valence-electron chi connectivity index (χ4n) is 2.17. The fraction of sp³-hybridized carbons (Fsp3) is 0.643. The number of hydrogen-bond donors (Lipinski definition) is 1. The monoisotopic (exact) mass is 290 g/mol. The number of rotatable bonds is 7. The summed E-state index contributed by atoms with van der Waals surface area (Å²) in [7, 11) is 0. The Labute approximate surface area is 116 Å². The van der Waals surface area contributed by atoms with Crippen molar-refractivity contribution in [2.75, 3.05) is 6.54 Å². The molecule has 0 aliphatic heterocycles. The van der Waals surface area contributed by atoms with Crippen molar-refractivity contribution in [3.8, 4) is 0 Å². The van der Waals surface area contributed by atoms with E-state index in [0.717, 1.165) is 42.2 Å². The van der Waals surface area contributed by atoms with Crippen LogP contribution in [0.25, 0.3) is 0 Å². The third-order valence-electron chi connectivity index (χ3n) is 3.16. The van der Waals surface area contributed by atoms with Crippen LogP contribution in [0.2, 0.25) is 0 Å². The minimum atomic E-state index is -4.49. The number of aromatic nitrogens is 1. The molecule has 0 fully saturated rings. The molecule has 0 aromatic carbocycles. The Morgan fingerprint density at radius 1 is 1.30 bits per heavy atom. The van der Waals surface area contributed by atoms with Gasteiger partial charge in [-0.15, -0.1) is 0 Å². The Morgan fingerprint density at radius 2 is 2.00 bits per heavy atom. The van der Waals surface area contributed by atoms with E-state index in [0.29, 0.717) is 12.5 Å². The van der Waals surface area contributed by atoms with Gasteiger partial charge in [-0.3, -0.25) is 4.79 Å². The lowest BCUT2D eigenvalue weighted by atomic mass is 10.1. The van der Waals surface area contributed by atoms with E-state index in [1.165, 1.54) is 0 Å². The van der Waals surface area contributed by atoms with Gasteiger partial charge in [0.15, 0.2) is 0 Å². The maximum atomic E-state index is 12.8. The van der Waals surface area contributed by atoms with Crippen molar-refractivity contribution >= 4 is 0 Å². The second-order valence-corrected chi connectivity index (χ2v) is 4.85. The van der Waals surface area contributed by atoms with E-state index in [-0.39, 0.29) is 6.54 Å². The third kappa shape index (κ3) is 5.00. The topological polar surface area (TPSA) is 34.0 Å². The molecule has 1 heterocycles. The summed E-state index contributed by atoms with van der Waals surface area (Å²) in [5.41, 5.74) is -1.47. The Morgan fingerprint density at radius 3 is 2.60 bits per heavy atom. The highest BCUT2D eigenvalue weighted by atomic mass is 19.4. The molecule has 0 radical (unpaired) electrons. The summed E-state index contributed by atoms with van der Waals surface area (Å²) < 4.78 is 39.2. The van der Waals surface area contributed by atoms with Crippen LogP contribution in [0.1, 0.15) is 38.8 Å². The summed E-state index contributed by atoms with van der Waals surface area (Å²) in [6, 6.07) is 3.60. The first-order valence-electron chi connectivity index (χ1n) is 6.86. The van der Waals surface area contributed by atoms with Crippen molar-refractivity contribution in [1.82, 2.24) is 9.88 Å². The van der Waals surface area contributed by atoms with Crippen molar-refractivity contribution < 1.29 is 13.2 Å². The van der Waals surface area contributed by atoms with Crippen LogP contribution in [-0.4, -0.2) is 17.2 Å². The molecule has 0 aliphatic carbocycles. The van der Waals surface area contributed by atoms with Gasteiger partial charge in [-0.2, -0.15) is 13.2 Å². The highest BCUT2D eigenvalue weighted by Gasteiger charge is 2.33. The molecule has 0 bridgehead atoms. The minimum Gasteiger partial charge on any atom is -0.315 e. The lowest BCUT2D eigenvalue weighted by Gasteiger charge is -2.16. The Balaban J connectivity index is 2.62. The van der Waals surface area contributed by atoms with Crippen LogP contribution in [0.5, 0.6) is 0 Å². The molecule has 1 aromatic heterocycles. The molecule has 0 saturated carbocycles.